The van der Waals surface area contributed by atoms with Gasteiger partial charge in [-0.3, -0.25) is 0 Å². The van der Waals surface area contributed by atoms with Crippen LogP contribution in [-0.2, 0) is 5.41 Å². The lowest BCUT2D eigenvalue weighted by Gasteiger charge is -2.22. The van der Waals surface area contributed by atoms with E-state index in [1.54, 1.807) is 0 Å². The van der Waals surface area contributed by atoms with E-state index in [1.807, 2.05) is 0 Å². The number of rotatable bonds is 11. The molecule has 0 spiro atoms. The van der Waals surface area contributed by atoms with Gasteiger partial charge < -0.3 is 18.0 Å². The highest BCUT2D eigenvalue weighted by Gasteiger charge is 2.36. The number of furan rings is 2. The summed E-state index contributed by atoms with van der Waals surface area (Å²) < 4.78 is 18.9. The third-order valence-electron chi connectivity index (χ3n) is 28.0. The Morgan fingerprint density at radius 1 is 0.160 bits per heavy atom. The normalized spacial score (nSPS) is 12.4. The molecule has 0 amide bonds. The number of para-hydroxylation sites is 6. The third kappa shape index (κ3) is 11.9. The Morgan fingerprint density at radius 2 is 0.427 bits per heavy atom. The highest BCUT2D eigenvalue weighted by molar-refractivity contribution is 6.24. The Labute approximate surface area is 757 Å². The first kappa shape index (κ1) is 75.4. The predicted molar refractivity (Wildman–Crippen MR) is 553 cm³/mol. The van der Waals surface area contributed by atoms with Crippen LogP contribution in [0.3, 0.4) is 0 Å². The summed E-state index contributed by atoms with van der Waals surface area (Å²) in [6.07, 6.45) is 0. The number of benzene rings is 22. The van der Waals surface area contributed by atoms with Crippen LogP contribution in [0.25, 0.3) is 253 Å². The van der Waals surface area contributed by atoms with E-state index in [9.17, 15) is 0 Å². The van der Waals surface area contributed by atoms with Gasteiger partial charge >= 0.3 is 0 Å². The molecule has 26 aromatic rings. The minimum absolute atomic E-state index is 0.0807. The molecule has 27 rings (SSSR count). The first-order valence-corrected chi connectivity index (χ1v) is 45.3. The monoisotopic (exact) mass is 1670 g/mol. The Balaban J connectivity index is 0.000000138. The molecule has 131 heavy (non-hydrogen) atoms. The van der Waals surface area contributed by atoms with E-state index < -0.39 is 0 Å². The quantitative estimate of drug-likeness (QED) is 0.121. The molecular formula is C127H82N2O2. The smallest absolute Gasteiger partial charge is 0.143 e. The average molecular weight is 1670 g/mol. The van der Waals surface area contributed by atoms with Crippen LogP contribution in [0.15, 0.2) is 470 Å². The lowest BCUT2D eigenvalue weighted by atomic mass is 9.81. The topological polar surface area (TPSA) is 36.1 Å². The van der Waals surface area contributed by atoms with Gasteiger partial charge in [0.25, 0.3) is 0 Å². The lowest BCUT2D eigenvalue weighted by molar-refractivity contribution is 0.660. The fraction of sp³-hybridized carbons (Fsp3) is 0.0236. The molecule has 0 saturated heterocycles. The summed E-state index contributed by atoms with van der Waals surface area (Å²) in [5, 5.41) is 19.4. The number of aromatic nitrogens is 2. The van der Waals surface area contributed by atoms with Crippen molar-refractivity contribution < 1.29 is 8.83 Å². The zero-order valence-electron chi connectivity index (χ0n) is 72.1. The van der Waals surface area contributed by atoms with E-state index in [1.165, 1.54) is 165 Å². The van der Waals surface area contributed by atoms with Crippen molar-refractivity contribution >= 4 is 131 Å². The van der Waals surface area contributed by atoms with Crippen molar-refractivity contribution in [3.05, 3.63) is 472 Å². The molecular weight excluding hydrogens is 1590 g/mol. The van der Waals surface area contributed by atoms with Crippen molar-refractivity contribution in [2.75, 3.05) is 0 Å². The molecule has 22 aromatic carbocycles. The van der Waals surface area contributed by atoms with Gasteiger partial charge in [0.05, 0.1) is 22.1 Å². The van der Waals surface area contributed by atoms with Crippen molar-refractivity contribution in [3.63, 3.8) is 0 Å². The summed E-state index contributed by atoms with van der Waals surface area (Å²) in [4.78, 5) is 0. The van der Waals surface area contributed by atoms with Crippen molar-refractivity contribution in [1.29, 1.82) is 0 Å². The Hall–Kier alpha value is -16.9. The van der Waals surface area contributed by atoms with Crippen LogP contribution in [0.4, 0.5) is 0 Å². The summed E-state index contributed by atoms with van der Waals surface area (Å²) in [7, 11) is 0. The van der Waals surface area contributed by atoms with Crippen LogP contribution >= 0.6 is 0 Å². The second-order valence-electron chi connectivity index (χ2n) is 35.5. The van der Waals surface area contributed by atoms with Crippen LogP contribution in [0.5, 0.6) is 0 Å². The molecule has 0 unspecified atom stereocenters. The lowest BCUT2D eigenvalue weighted by Crippen LogP contribution is -2.14. The molecule has 0 fully saturated rings. The summed E-state index contributed by atoms with van der Waals surface area (Å²) in [5.74, 6) is 0. The van der Waals surface area contributed by atoms with E-state index in [2.05, 4.69) is 484 Å². The summed E-state index contributed by atoms with van der Waals surface area (Å²) in [6.45, 7) is 4.69. The first-order chi connectivity index (χ1) is 64.8. The molecule has 1 aliphatic rings. The van der Waals surface area contributed by atoms with E-state index in [0.717, 1.165) is 99.7 Å². The van der Waals surface area contributed by atoms with Gasteiger partial charge in [-0.1, -0.05) is 408 Å². The Bertz CT molecular complexity index is 9050. The Morgan fingerprint density at radius 3 is 0.832 bits per heavy atom. The van der Waals surface area contributed by atoms with Crippen LogP contribution in [-0.4, -0.2) is 9.13 Å². The fourth-order valence-electron chi connectivity index (χ4n) is 22.1. The molecule has 0 saturated carbocycles. The van der Waals surface area contributed by atoms with E-state index in [0.29, 0.717) is 0 Å². The second kappa shape index (κ2) is 30.1. The standard InChI is InChI=1S/C65H43NO.C62H39NO/c1-65(2)57-28-12-10-18-47(57)48-36-32-43(39-58(48)65)46-25-15-27-55-54-26-14-24-45(63(54)67-64(46)55)42-33-37-60-56(38-42)49-19-11-13-29-59(49)66(60)44-34-30-41(31-35-44)62-52-22-8-6-20-50(52)61(40-16-4-3-5-17-40)51-21-7-9-23-53(51)62;1-3-17-40(18-4-1)45-21-7-8-22-47(45)53-29-16-31-55-54-30-15-28-46(61(54)64-62(53)55)43-35-38-58-56(39-43)48-23-13-14-32-57(48)63(58)44-36-33-42(34-37-44)60-51-26-11-9-24-49(51)59(41-19-5-2-6-20-41)50-25-10-12-27-52(50)60/h3-39H,1-2H3;1-39H. The molecule has 4 heteroatoms. The fourth-order valence-corrected chi connectivity index (χ4v) is 22.1. The number of fused-ring (bicyclic) bond motifs is 19. The van der Waals surface area contributed by atoms with Crippen LogP contribution in [0, 0.1) is 0 Å². The molecule has 612 valence electrons. The summed E-state index contributed by atoms with van der Waals surface area (Å²) >= 11 is 0. The van der Waals surface area contributed by atoms with Gasteiger partial charge in [-0.05, 0) is 210 Å². The molecule has 4 aromatic heterocycles. The number of nitrogens with zero attached hydrogens (tertiary/aromatic N) is 2. The predicted octanol–water partition coefficient (Wildman–Crippen LogP) is 35.3. The zero-order valence-corrected chi connectivity index (χ0v) is 72.1. The second-order valence-corrected chi connectivity index (χ2v) is 35.5. The maximum Gasteiger partial charge on any atom is 0.143 e. The maximum atomic E-state index is 7.06. The minimum Gasteiger partial charge on any atom is -0.455 e. The molecule has 4 nitrogen and oxygen atoms in total. The van der Waals surface area contributed by atoms with E-state index >= 15 is 0 Å². The Kier molecular flexibility index (Phi) is 17.4. The molecule has 0 aliphatic heterocycles. The molecule has 0 bridgehead atoms. The van der Waals surface area contributed by atoms with Gasteiger partial charge in [-0.2, -0.15) is 0 Å². The minimum atomic E-state index is -0.0807. The van der Waals surface area contributed by atoms with Crippen molar-refractivity contribution in [1.82, 2.24) is 9.13 Å². The first-order valence-electron chi connectivity index (χ1n) is 45.3. The van der Waals surface area contributed by atoms with Crippen LogP contribution in [0.2, 0.25) is 0 Å². The van der Waals surface area contributed by atoms with Crippen molar-refractivity contribution in [2.24, 2.45) is 0 Å². The number of hydrogen-bond donors (Lipinski definition) is 0. The highest BCUT2D eigenvalue weighted by Crippen LogP contribution is 2.53. The molecule has 4 heterocycles. The largest absolute Gasteiger partial charge is 0.455 e. The van der Waals surface area contributed by atoms with Crippen molar-refractivity contribution in [2.45, 2.75) is 19.3 Å². The highest BCUT2D eigenvalue weighted by atomic mass is 16.3. The zero-order chi connectivity index (χ0) is 86.5. The van der Waals surface area contributed by atoms with E-state index in [-0.39, 0.29) is 5.41 Å². The van der Waals surface area contributed by atoms with Crippen molar-refractivity contribution in [3.8, 4) is 123 Å². The average Bonchev–Trinajstić information content (AvgIpc) is 0.804. The molecule has 1 aliphatic carbocycles. The molecule has 0 N–H and O–H groups in total. The molecule has 0 atom stereocenters. The van der Waals surface area contributed by atoms with Gasteiger partial charge in [-0.15, -0.1) is 0 Å². The van der Waals surface area contributed by atoms with Crippen LogP contribution < -0.4 is 0 Å². The van der Waals surface area contributed by atoms with Gasteiger partial charge in [0.1, 0.15) is 22.3 Å². The van der Waals surface area contributed by atoms with Crippen LogP contribution in [0.1, 0.15) is 25.0 Å². The van der Waals surface area contributed by atoms with Gasteiger partial charge in [0, 0.05) is 82.1 Å². The molecule has 0 radical (unpaired) electrons. The third-order valence-corrected chi connectivity index (χ3v) is 28.0. The number of hydrogen-bond acceptors (Lipinski definition) is 2. The summed E-state index contributed by atoms with van der Waals surface area (Å²) in [6, 6.07) is 168. The van der Waals surface area contributed by atoms with E-state index in [4.69, 9.17) is 8.83 Å². The summed E-state index contributed by atoms with van der Waals surface area (Å²) in [5.41, 5.74) is 37.2. The maximum absolute atomic E-state index is 7.06. The van der Waals surface area contributed by atoms with Gasteiger partial charge in [-0.25, -0.2) is 0 Å². The SMILES string of the molecule is CC1(C)c2ccccc2-c2ccc(-c3cccc4c3oc3c(-c5ccc6c(c5)c5ccccc5n6-c5ccc(-c6c7ccccc7c(-c7ccccc7)c7ccccc67)cc5)cccc34)cc21.c1ccc(-c2ccccc2-c2cccc3c2oc2c(-c4ccc5c(c4)c4ccccc4n5-c4ccc(-c5c6ccccc6c(-c6ccccc6)c6ccccc56)cc4)cccc23)cc1. The van der Waals surface area contributed by atoms with Gasteiger partial charge in [0.2, 0.25) is 0 Å². The van der Waals surface area contributed by atoms with Gasteiger partial charge in [0.15, 0.2) is 0 Å².